The van der Waals surface area contributed by atoms with Crippen molar-refractivity contribution in [3.8, 4) is 11.1 Å². The number of rotatable bonds is 7. The average molecular weight is 428 g/mol. The molecular formula is C29H33NO2. The van der Waals surface area contributed by atoms with E-state index in [1.165, 1.54) is 47.1 Å². The molecule has 2 aromatic carbocycles. The van der Waals surface area contributed by atoms with Crippen LogP contribution in [-0.2, 0) is 4.74 Å². The van der Waals surface area contributed by atoms with E-state index in [-0.39, 0.29) is 18.1 Å². The van der Waals surface area contributed by atoms with Crippen molar-refractivity contribution in [2.45, 2.75) is 69.4 Å². The van der Waals surface area contributed by atoms with E-state index < -0.39 is 0 Å². The zero-order chi connectivity index (χ0) is 21.9. The molecule has 2 aliphatic heterocycles. The molecule has 0 spiro atoms. The average Bonchev–Trinajstić information content (AvgIpc) is 3.13. The number of nitrogens with zero attached hydrogens (tertiary/aromatic N) is 1. The van der Waals surface area contributed by atoms with Crippen LogP contribution in [0.5, 0.6) is 0 Å². The summed E-state index contributed by atoms with van der Waals surface area (Å²) in [6.45, 7) is 4.22. The van der Waals surface area contributed by atoms with Gasteiger partial charge in [-0.1, -0.05) is 66.3 Å². The molecule has 2 atom stereocenters. The summed E-state index contributed by atoms with van der Waals surface area (Å²) < 4.78 is 6.01. The van der Waals surface area contributed by atoms with Crippen LogP contribution in [0.15, 0.2) is 72.8 Å². The zero-order valence-electron chi connectivity index (χ0n) is 18.8. The van der Waals surface area contributed by atoms with E-state index in [0.29, 0.717) is 12.6 Å². The van der Waals surface area contributed by atoms with Gasteiger partial charge < -0.3 is 4.74 Å². The Balaban J connectivity index is 1.27. The van der Waals surface area contributed by atoms with Crippen molar-refractivity contribution in [3.05, 3.63) is 84.0 Å². The first-order valence-corrected chi connectivity index (χ1v) is 12.2. The maximum Gasteiger partial charge on any atom is 0.410 e. The third kappa shape index (κ3) is 4.01. The highest BCUT2D eigenvalue weighted by atomic mass is 16.6. The van der Waals surface area contributed by atoms with Gasteiger partial charge >= 0.3 is 6.09 Å². The largest absolute Gasteiger partial charge is 0.448 e. The molecule has 2 bridgehead atoms. The molecule has 3 aliphatic rings. The van der Waals surface area contributed by atoms with Crippen LogP contribution in [0.2, 0.25) is 0 Å². The minimum absolute atomic E-state index is 0.118. The van der Waals surface area contributed by atoms with E-state index in [4.69, 9.17) is 4.74 Å². The molecule has 0 radical (unpaired) electrons. The Morgan fingerprint density at radius 3 is 2.44 bits per heavy atom. The van der Waals surface area contributed by atoms with Gasteiger partial charge in [0.25, 0.3) is 0 Å². The summed E-state index contributed by atoms with van der Waals surface area (Å²) in [5.74, 6) is 0.118. The van der Waals surface area contributed by atoms with E-state index in [1.54, 1.807) is 0 Å². The number of unbranched alkanes of at least 4 members (excludes halogenated alkanes) is 2. The van der Waals surface area contributed by atoms with E-state index in [2.05, 4.69) is 61.2 Å². The Morgan fingerprint density at radius 2 is 1.75 bits per heavy atom. The molecule has 0 N–H and O–H groups in total. The number of carbonyl (C=O) groups is 1. The van der Waals surface area contributed by atoms with E-state index in [0.717, 1.165) is 32.1 Å². The van der Waals surface area contributed by atoms with Crippen molar-refractivity contribution in [1.29, 1.82) is 0 Å². The van der Waals surface area contributed by atoms with Crippen LogP contribution >= 0.6 is 0 Å². The van der Waals surface area contributed by atoms with Gasteiger partial charge in [0.1, 0.15) is 6.61 Å². The van der Waals surface area contributed by atoms with Crippen LogP contribution in [0.3, 0.4) is 0 Å². The van der Waals surface area contributed by atoms with E-state index in [9.17, 15) is 4.79 Å². The molecule has 32 heavy (non-hydrogen) atoms. The van der Waals surface area contributed by atoms with Crippen molar-refractivity contribution < 1.29 is 9.53 Å². The summed E-state index contributed by atoms with van der Waals surface area (Å²) in [7, 11) is 0. The molecule has 166 valence electrons. The third-order valence-corrected chi connectivity index (χ3v) is 7.42. The molecule has 1 aliphatic carbocycles. The van der Waals surface area contributed by atoms with Crippen LogP contribution in [-0.4, -0.2) is 29.7 Å². The highest BCUT2D eigenvalue weighted by Crippen LogP contribution is 2.45. The first-order chi connectivity index (χ1) is 15.8. The zero-order valence-corrected chi connectivity index (χ0v) is 18.8. The molecule has 0 aromatic heterocycles. The monoisotopic (exact) mass is 427 g/mol. The fraction of sp³-hybridized carbons (Fsp3) is 0.414. The number of fused-ring (bicyclic) bond motifs is 5. The number of amides is 1. The Morgan fingerprint density at radius 1 is 1.03 bits per heavy atom. The van der Waals surface area contributed by atoms with Crippen molar-refractivity contribution in [2.24, 2.45) is 0 Å². The van der Waals surface area contributed by atoms with Gasteiger partial charge in [-0.2, -0.15) is 0 Å². The fourth-order valence-electron chi connectivity index (χ4n) is 5.90. The second-order valence-corrected chi connectivity index (χ2v) is 9.43. The summed E-state index contributed by atoms with van der Waals surface area (Å²) in [6, 6.07) is 17.5. The standard InChI is InChI=1S/C29H33NO2/c1-2-3-4-5-11-21-18-22-12-10-13-23(19-21)30(22)29(31)32-20-28-26-16-8-6-14-24(26)25-15-7-9-17-27(25)28/h2,6-9,14-18,22-23,28H,1,3-5,10-13,19-20H2. The van der Waals surface area contributed by atoms with Gasteiger partial charge in [-0.25, -0.2) is 4.79 Å². The van der Waals surface area contributed by atoms with Gasteiger partial charge in [-0.3, -0.25) is 4.90 Å². The first kappa shape index (κ1) is 21.1. The number of hydrogen-bond acceptors (Lipinski definition) is 2. The topological polar surface area (TPSA) is 29.5 Å². The Kier molecular flexibility index (Phi) is 6.16. The lowest BCUT2D eigenvalue weighted by Gasteiger charge is -2.44. The normalized spacial score (nSPS) is 21.5. The number of ether oxygens (including phenoxy) is 1. The smallest absolute Gasteiger partial charge is 0.410 e. The van der Waals surface area contributed by atoms with Gasteiger partial charge in [-0.05, 0) is 73.6 Å². The maximum atomic E-state index is 13.3. The molecule has 3 heteroatoms. The van der Waals surface area contributed by atoms with Gasteiger partial charge in [0, 0.05) is 12.0 Å². The lowest BCUT2D eigenvalue weighted by molar-refractivity contribution is 0.0507. The molecular weight excluding hydrogens is 394 g/mol. The summed E-state index contributed by atoms with van der Waals surface area (Å²) in [4.78, 5) is 15.3. The lowest BCUT2D eigenvalue weighted by atomic mass is 9.84. The second-order valence-electron chi connectivity index (χ2n) is 9.43. The molecule has 1 amide bonds. The number of carbonyl (C=O) groups excluding carboxylic acids is 1. The Labute approximate surface area is 191 Å². The second kappa shape index (κ2) is 9.36. The van der Waals surface area contributed by atoms with Crippen molar-refractivity contribution in [3.63, 3.8) is 0 Å². The van der Waals surface area contributed by atoms with Crippen LogP contribution in [0.1, 0.15) is 68.4 Å². The fourth-order valence-corrected chi connectivity index (χ4v) is 5.90. The highest BCUT2D eigenvalue weighted by molar-refractivity contribution is 5.79. The number of piperidine rings is 1. The Hall–Kier alpha value is -2.81. The van der Waals surface area contributed by atoms with E-state index >= 15 is 0 Å². The molecule has 5 rings (SSSR count). The van der Waals surface area contributed by atoms with Crippen LogP contribution in [0.4, 0.5) is 4.79 Å². The molecule has 2 unspecified atom stereocenters. The maximum absolute atomic E-state index is 13.3. The SMILES string of the molecule is C=CCCCCC1=CC2CCCC(C1)N2C(=O)OCC1c2ccccc2-c2ccccc21. The van der Waals surface area contributed by atoms with Crippen molar-refractivity contribution in [1.82, 2.24) is 4.90 Å². The van der Waals surface area contributed by atoms with Gasteiger partial charge in [0.15, 0.2) is 0 Å². The number of allylic oxidation sites excluding steroid dienone is 1. The van der Waals surface area contributed by atoms with Crippen LogP contribution < -0.4 is 0 Å². The minimum atomic E-state index is -0.136. The van der Waals surface area contributed by atoms with E-state index in [1.807, 2.05) is 11.0 Å². The number of benzene rings is 2. The van der Waals surface area contributed by atoms with Crippen LogP contribution in [0, 0.1) is 0 Å². The minimum Gasteiger partial charge on any atom is -0.448 e. The summed E-state index contributed by atoms with van der Waals surface area (Å²) >= 11 is 0. The summed E-state index contributed by atoms with van der Waals surface area (Å²) in [5.41, 5.74) is 6.60. The molecule has 1 saturated heterocycles. The van der Waals surface area contributed by atoms with Crippen molar-refractivity contribution in [2.75, 3.05) is 6.61 Å². The predicted molar refractivity (Wildman–Crippen MR) is 130 cm³/mol. The molecule has 2 heterocycles. The molecule has 1 fully saturated rings. The molecule has 3 nitrogen and oxygen atoms in total. The molecule has 0 saturated carbocycles. The van der Waals surface area contributed by atoms with Gasteiger partial charge in [-0.15, -0.1) is 6.58 Å². The van der Waals surface area contributed by atoms with Crippen molar-refractivity contribution >= 4 is 6.09 Å². The first-order valence-electron chi connectivity index (χ1n) is 12.2. The van der Waals surface area contributed by atoms with Gasteiger partial charge in [0.2, 0.25) is 0 Å². The Bertz CT molecular complexity index is 978. The lowest BCUT2D eigenvalue weighted by Crippen LogP contribution is -2.52. The number of hydrogen-bond donors (Lipinski definition) is 0. The van der Waals surface area contributed by atoms with Crippen LogP contribution in [0.25, 0.3) is 11.1 Å². The summed E-state index contributed by atoms with van der Waals surface area (Å²) in [5, 5.41) is 0. The van der Waals surface area contributed by atoms with Gasteiger partial charge in [0.05, 0.1) is 6.04 Å². The summed E-state index contributed by atoms with van der Waals surface area (Å²) in [6.07, 6.45) is 13.2. The third-order valence-electron chi connectivity index (χ3n) is 7.42. The highest BCUT2D eigenvalue weighted by Gasteiger charge is 2.38. The quantitative estimate of drug-likeness (QED) is 0.344. The predicted octanol–water partition coefficient (Wildman–Crippen LogP) is 7.24. The molecule has 2 aromatic rings.